The van der Waals surface area contributed by atoms with E-state index in [1.807, 2.05) is 0 Å². The fraction of sp³-hybridized carbons (Fsp3) is 1.00. The van der Waals surface area contributed by atoms with Crippen LogP contribution in [0.2, 0.25) is 0 Å². The minimum absolute atomic E-state index is 0.469. The van der Waals surface area contributed by atoms with Crippen LogP contribution in [0.15, 0.2) is 0 Å². The van der Waals surface area contributed by atoms with E-state index in [-0.39, 0.29) is 0 Å². The van der Waals surface area contributed by atoms with Gasteiger partial charge >= 0.3 is 0 Å². The first-order valence-electron chi connectivity index (χ1n) is 5.00. The van der Waals surface area contributed by atoms with E-state index in [4.69, 9.17) is 5.73 Å². The van der Waals surface area contributed by atoms with Crippen molar-refractivity contribution in [2.45, 2.75) is 51.7 Å². The van der Waals surface area contributed by atoms with Crippen LogP contribution in [0, 0.1) is 5.92 Å². The molecule has 1 atom stereocenters. The normalized spacial score (nSPS) is 32.2. The summed E-state index contributed by atoms with van der Waals surface area (Å²) in [6.07, 6.45) is 2.38. The van der Waals surface area contributed by atoms with Gasteiger partial charge in [0.1, 0.15) is 0 Å². The summed E-state index contributed by atoms with van der Waals surface area (Å²) in [7, 11) is 2.22. The Labute approximate surface area is 76.1 Å². The molecule has 72 valence electrons. The van der Waals surface area contributed by atoms with Gasteiger partial charge in [-0.15, -0.1) is 0 Å². The van der Waals surface area contributed by atoms with Gasteiger partial charge in [0.2, 0.25) is 0 Å². The van der Waals surface area contributed by atoms with Gasteiger partial charge in [0.15, 0.2) is 0 Å². The first-order chi connectivity index (χ1) is 5.52. The third-order valence-corrected chi connectivity index (χ3v) is 3.33. The lowest BCUT2D eigenvalue weighted by molar-refractivity contribution is 0.0813. The molecule has 0 aromatic carbocycles. The van der Waals surface area contributed by atoms with Gasteiger partial charge in [-0.05, 0) is 32.7 Å². The molecule has 0 aromatic heterocycles. The van der Waals surface area contributed by atoms with Gasteiger partial charge in [0.25, 0.3) is 0 Å². The maximum atomic E-state index is 5.76. The molecule has 12 heavy (non-hydrogen) atoms. The van der Waals surface area contributed by atoms with Crippen LogP contribution in [0.5, 0.6) is 0 Å². The molecule has 0 spiro atoms. The van der Waals surface area contributed by atoms with Gasteiger partial charge in [-0.3, -0.25) is 0 Å². The molecule has 1 saturated carbocycles. The van der Waals surface area contributed by atoms with Crippen LogP contribution < -0.4 is 5.73 Å². The minimum atomic E-state index is 0.469. The molecule has 1 fully saturated rings. The van der Waals surface area contributed by atoms with Crippen molar-refractivity contribution in [2.24, 2.45) is 11.7 Å². The van der Waals surface area contributed by atoms with Crippen LogP contribution in [-0.4, -0.2) is 30.1 Å². The summed E-state index contributed by atoms with van der Waals surface area (Å²) in [6.45, 7) is 6.86. The number of nitrogens with zero attached hydrogens (tertiary/aromatic N) is 1. The van der Waals surface area contributed by atoms with E-state index in [2.05, 4.69) is 32.7 Å². The van der Waals surface area contributed by atoms with Gasteiger partial charge in [-0.25, -0.2) is 0 Å². The minimum Gasteiger partial charge on any atom is -0.328 e. The smallest absolute Gasteiger partial charge is 0.0125 e. The average molecular weight is 170 g/mol. The second kappa shape index (κ2) is 3.75. The number of hydrogen-bond acceptors (Lipinski definition) is 2. The lowest BCUT2D eigenvalue weighted by Gasteiger charge is -2.43. The summed E-state index contributed by atoms with van der Waals surface area (Å²) >= 11 is 0. The molecule has 0 radical (unpaired) electrons. The van der Waals surface area contributed by atoms with Crippen molar-refractivity contribution in [2.75, 3.05) is 7.05 Å². The quantitative estimate of drug-likeness (QED) is 0.694. The Morgan fingerprint density at radius 2 is 1.75 bits per heavy atom. The second-order valence-electron chi connectivity index (χ2n) is 4.54. The highest BCUT2D eigenvalue weighted by Crippen LogP contribution is 2.26. The Morgan fingerprint density at radius 1 is 1.25 bits per heavy atom. The van der Waals surface area contributed by atoms with Crippen LogP contribution in [0.3, 0.4) is 0 Å². The molecule has 0 aliphatic heterocycles. The zero-order valence-corrected chi connectivity index (χ0v) is 8.75. The zero-order valence-electron chi connectivity index (χ0n) is 8.75. The lowest BCUT2D eigenvalue weighted by atomic mass is 9.85. The first-order valence-corrected chi connectivity index (χ1v) is 5.00. The van der Waals surface area contributed by atoms with Crippen LogP contribution in [-0.2, 0) is 0 Å². The molecule has 1 unspecified atom stereocenters. The van der Waals surface area contributed by atoms with Crippen molar-refractivity contribution in [1.82, 2.24) is 4.90 Å². The largest absolute Gasteiger partial charge is 0.328 e. The van der Waals surface area contributed by atoms with Gasteiger partial charge < -0.3 is 10.6 Å². The molecular formula is C10H22N2. The fourth-order valence-electron chi connectivity index (χ4n) is 1.77. The summed E-state index contributed by atoms with van der Waals surface area (Å²) < 4.78 is 0. The van der Waals surface area contributed by atoms with Crippen LogP contribution in [0.4, 0.5) is 0 Å². The van der Waals surface area contributed by atoms with E-state index in [0.717, 1.165) is 12.0 Å². The summed E-state index contributed by atoms with van der Waals surface area (Å²) in [5.41, 5.74) is 5.76. The third-order valence-electron chi connectivity index (χ3n) is 3.33. The number of nitrogens with two attached hydrogens (primary N) is 1. The van der Waals surface area contributed by atoms with Crippen molar-refractivity contribution in [3.63, 3.8) is 0 Å². The van der Waals surface area contributed by atoms with E-state index in [1.165, 1.54) is 12.8 Å². The standard InChI is InChI=1S/C10H22N2/c1-7(2)8(3)12(4)10-5-9(11)6-10/h7-10H,5-6,11H2,1-4H3. The molecule has 0 aromatic rings. The van der Waals surface area contributed by atoms with Crippen molar-refractivity contribution in [3.8, 4) is 0 Å². The van der Waals surface area contributed by atoms with Crippen molar-refractivity contribution in [1.29, 1.82) is 0 Å². The molecule has 0 saturated heterocycles. The fourth-order valence-corrected chi connectivity index (χ4v) is 1.77. The summed E-state index contributed by atoms with van der Waals surface area (Å²) in [5, 5.41) is 0. The Bertz CT molecular complexity index is 139. The van der Waals surface area contributed by atoms with E-state index < -0.39 is 0 Å². The Morgan fingerprint density at radius 3 is 2.08 bits per heavy atom. The Hall–Kier alpha value is -0.0800. The maximum absolute atomic E-state index is 5.76. The molecule has 1 rings (SSSR count). The molecule has 2 nitrogen and oxygen atoms in total. The van der Waals surface area contributed by atoms with Crippen LogP contribution >= 0.6 is 0 Å². The SMILES string of the molecule is CC(C)C(C)N(C)C1CC(N)C1. The van der Waals surface area contributed by atoms with Crippen LogP contribution in [0.1, 0.15) is 33.6 Å². The monoisotopic (exact) mass is 170 g/mol. The summed E-state index contributed by atoms with van der Waals surface area (Å²) in [6, 6.07) is 1.90. The van der Waals surface area contributed by atoms with E-state index in [9.17, 15) is 0 Å². The maximum Gasteiger partial charge on any atom is 0.0125 e. The summed E-state index contributed by atoms with van der Waals surface area (Å²) in [4.78, 5) is 2.48. The van der Waals surface area contributed by atoms with Crippen molar-refractivity contribution in [3.05, 3.63) is 0 Å². The lowest BCUT2D eigenvalue weighted by Crippen LogP contribution is -2.52. The molecule has 2 heteroatoms. The topological polar surface area (TPSA) is 29.3 Å². The number of rotatable bonds is 3. The van der Waals surface area contributed by atoms with E-state index >= 15 is 0 Å². The predicted octanol–water partition coefficient (Wildman–Crippen LogP) is 1.45. The molecular weight excluding hydrogens is 148 g/mol. The van der Waals surface area contributed by atoms with E-state index in [0.29, 0.717) is 12.1 Å². The third kappa shape index (κ3) is 1.99. The van der Waals surface area contributed by atoms with Gasteiger partial charge in [-0.1, -0.05) is 13.8 Å². The van der Waals surface area contributed by atoms with Crippen LogP contribution in [0.25, 0.3) is 0 Å². The molecule has 0 bridgehead atoms. The number of hydrogen-bond donors (Lipinski definition) is 1. The molecule has 1 aliphatic rings. The Balaban J connectivity index is 2.32. The first kappa shape index (κ1) is 10.0. The average Bonchev–Trinajstić information content (AvgIpc) is 1.95. The van der Waals surface area contributed by atoms with Gasteiger partial charge in [0.05, 0.1) is 0 Å². The highest BCUT2D eigenvalue weighted by Gasteiger charge is 2.31. The second-order valence-corrected chi connectivity index (χ2v) is 4.54. The van der Waals surface area contributed by atoms with Gasteiger partial charge in [-0.2, -0.15) is 0 Å². The van der Waals surface area contributed by atoms with Crippen molar-refractivity contribution >= 4 is 0 Å². The summed E-state index contributed by atoms with van der Waals surface area (Å²) in [5.74, 6) is 0.742. The van der Waals surface area contributed by atoms with Gasteiger partial charge in [0, 0.05) is 18.1 Å². The highest BCUT2D eigenvalue weighted by atomic mass is 15.2. The molecule has 2 N–H and O–H groups in total. The van der Waals surface area contributed by atoms with E-state index in [1.54, 1.807) is 0 Å². The molecule has 0 heterocycles. The van der Waals surface area contributed by atoms with Crippen molar-refractivity contribution < 1.29 is 0 Å². The highest BCUT2D eigenvalue weighted by molar-refractivity contribution is 4.90. The Kier molecular flexibility index (Phi) is 3.13. The zero-order chi connectivity index (χ0) is 9.30. The molecule has 1 aliphatic carbocycles. The predicted molar refractivity (Wildman–Crippen MR) is 53.1 cm³/mol. The molecule has 0 amide bonds.